The summed E-state index contributed by atoms with van der Waals surface area (Å²) in [4.78, 5) is 15.3. The van der Waals surface area contributed by atoms with Gasteiger partial charge in [0.15, 0.2) is 0 Å². The van der Waals surface area contributed by atoms with E-state index in [4.69, 9.17) is 0 Å². The molecule has 0 radical (unpaired) electrons. The Labute approximate surface area is 82.1 Å². The van der Waals surface area contributed by atoms with Gasteiger partial charge in [-0.1, -0.05) is 6.92 Å². The summed E-state index contributed by atoms with van der Waals surface area (Å²) in [5.41, 5.74) is 0. The second-order valence-electron chi connectivity index (χ2n) is 2.91. The number of nitrogens with zero attached hydrogens (tertiary/aromatic N) is 3. The first kappa shape index (κ1) is 10.5. The van der Waals surface area contributed by atoms with Gasteiger partial charge in [-0.2, -0.15) is 5.10 Å². The third-order valence-electron chi connectivity index (χ3n) is 1.68. The third kappa shape index (κ3) is 3.06. The van der Waals surface area contributed by atoms with Crippen molar-refractivity contribution in [1.29, 1.82) is 0 Å². The van der Waals surface area contributed by atoms with Gasteiger partial charge in [0.1, 0.15) is 0 Å². The van der Waals surface area contributed by atoms with Crippen LogP contribution in [0, 0.1) is 5.92 Å². The normalized spacial score (nSPS) is 12.1. The lowest BCUT2D eigenvalue weighted by Gasteiger charge is -2.09. The molecule has 1 rings (SSSR count). The van der Waals surface area contributed by atoms with E-state index >= 15 is 0 Å². The molecule has 76 valence electrons. The maximum absolute atomic E-state index is 11.4. The number of aromatic nitrogens is 3. The molecular weight excluding hydrogens is 182 g/mol. The molecule has 0 aliphatic heterocycles. The molecule has 0 bridgehead atoms. The highest BCUT2D eigenvalue weighted by atomic mass is 16.2. The molecule has 0 aliphatic rings. The molecular formula is C8H13N5O. The van der Waals surface area contributed by atoms with E-state index in [9.17, 15) is 4.79 Å². The van der Waals surface area contributed by atoms with Crippen molar-refractivity contribution < 1.29 is 4.79 Å². The molecule has 6 heteroatoms. The number of carbonyl (C=O) groups excluding carboxylic acids is 1. The molecule has 0 fully saturated rings. The minimum atomic E-state index is -0.121. The summed E-state index contributed by atoms with van der Waals surface area (Å²) in [7, 11) is 1.80. The lowest BCUT2D eigenvalue weighted by atomic mass is 10.2. The van der Waals surface area contributed by atoms with E-state index in [-0.39, 0.29) is 17.8 Å². The topological polar surface area (TPSA) is 79.8 Å². The minimum Gasteiger partial charge on any atom is -0.319 e. The van der Waals surface area contributed by atoms with Crippen LogP contribution in [0.4, 0.5) is 5.95 Å². The Morgan fingerprint density at radius 1 is 1.57 bits per heavy atom. The van der Waals surface area contributed by atoms with Crippen molar-refractivity contribution in [3.8, 4) is 0 Å². The SMILES string of the molecule is CNCC(C)C(=O)Nc1nccnn1. The van der Waals surface area contributed by atoms with Crippen LogP contribution in [0.5, 0.6) is 0 Å². The zero-order chi connectivity index (χ0) is 10.4. The zero-order valence-electron chi connectivity index (χ0n) is 8.19. The number of hydrogen-bond acceptors (Lipinski definition) is 5. The maximum Gasteiger partial charge on any atom is 0.249 e. The van der Waals surface area contributed by atoms with Crippen LogP contribution in [-0.2, 0) is 4.79 Å². The first-order valence-corrected chi connectivity index (χ1v) is 4.33. The monoisotopic (exact) mass is 195 g/mol. The van der Waals surface area contributed by atoms with Crippen LogP contribution >= 0.6 is 0 Å². The molecule has 6 nitrogen and oxygen atoms in total. The number of carbonyl (C=O) groups is 1. The molecule has 1 atom stereocenters. The predicted molar refractivity (Wildman–Crippen MR) is 51.5 cm³/mol. The predicted octanol–water partition coefficient (Wildman–Crippen LogP) is -0.334. The smallest absolute Gasteiger partial charge is 0.249 e. The first-order chi connectivity index (χ1) is 6.74. The Morgan fingerprint density at radius 2 is 2.36 bits per heavy atom. The van der Waals surface area contributed by atoms with Gasteiger partial charge < -0.3 is 5.32 Å². The molecule has 0 saturated carbocycles. The molecule has 1 aromatic heterocycles. The van der Waals surface area contributed by atoms with Gasteiger partial charge in [0.25, 0.3) is 0 Å². The third-order valence-corrected chi connectivity index (χ3v) is 1.68. The standard InChI is InChI=1S/C8H13N5O/c1-6(5-9-2)7(14)12-8-10-3-4-11-13-8/h3-4,6,9H,5H2,1-2H3,(H,10,12,13,14). The van der Waals surface area contributed by atoms with Crippen LogP contribution in [-0.4, -0.2) is 34.7 Å². The first-order valence-electron chi connectivity index (χ1n) is 4.33. The van der Waals surface area contributed by atoms with Gasteiger partial charge in [0, 0.05) is 12.5 Å². The van der Waals surface area contributed by atoms with Gasteiger partial charge in [-0.3, -0.25) is 10.1 Å². The average Bonchev–Trinajstić information content (AvgIpc) is 2.19. The Morgan fingerprint density at radius 3 is 2.93 bits per heavy atom. The largest absolute Gasteiger partial charge is 0.319 e. The molecule has 0 aliphatic carbocycles. The molecule has 0 spiro atoms. The van der Waals surface area contributed by atoms with Crippen LogP contribution in [0.3, 0.4) is 0 Å². The second kappa shape index (κ2) is 5.23. The quantitative estimate of drug-likeness (QED) is 0.687. The van der Waals surface area contributed by atoms with Crippen molar-refractivity contribution in [1.82, 2.24) is 20.5 Å². The number of hydrogen-bond donors (Lipinski definition) is 2. The number of nitrogens with one attached hydrogen (secondary N) is 2. The summed E-state index contributed by atoms with van der Waals surface area (Å²) in [6.45, 7) is 2.44. The van der Waals surface area contributed by atoms with Crippen LogP contribution in [0.15, 0.2) is 12.4 Å². The highest BCUT2D eigenvalue weighted by Gasteiger charge is 2.12. The Kier molecular flexibility index (Phi) is 3.93. The van der Waals surface area contributed by atoms with Crippen molar-refractivity contribution in [2.45, 2.75) is 6.92 Å². The fourth-order valence-corrected chi connectivity index (χ4v) is 0.937. The molecule has 0 saturated heterocycles. The molecule has 14 heavy (non-hydrogen) atoms. The van der Waals surface area contributed by atoms with E-state index in [1.54, 1.807) is 7.05 Å². The number of amides is 1. The van der Waals surface area contributed by atoms with E-state index in [1.807, 2.05) is 6.92 Å². The molecule has 0 aromatic carbocycles. The zero-order valence-corrected chi connectivity index (χ0v) is 8.19. The van der Waals surface area contributed by atoms with Crippen LogP contribution in [0.1, 0.15) is 6.92 Å². The van der Waals surface area contributed by atoms with Crippen molar-refractivity contribution >= 4 is 11.9 Å². The summed E-state index contributed by atoms with van der Waals surface area (Å²) in [6.07, 6.45) is 2.93. The Bertz CT molecular complexity index is 289. The molecule has 1 heterocycles. The lowest BCUT2D eigenvalue weighted by molar-refractivity contribution is -0.119. The van der Waals surface area contributed by atoms with Gasteiger partial charge in [-0.05, 0) is 7.05 Å². The molecule has 1 amide bonds. The fraction of sp³-hybridized carbons (Fsp3) is 0.500. The van der Waals surface area contributed by atoms with Gasteiger partial charge in [-0.15, -0.1) is 5.10 Å². The van der Waals surface area contributed by atoms with E-state index < -0.39 is 0 Å². The van der Waals surface area contributed by atoms with E-state index in [2.05, 4.69) is 25.8 Å². The Hall–Kier alpha value is -1.56. The van der Waals surface area contributed by atoms with Gasteiger partial charge in [0.2, 0.25) is 11.9 Å². The van der Waals surface area contributed by atoms with Crippen molar-refractivity contribution in [3.63, 3.8) is 0 Å². The Balaban J connectivity index is 2.49. The van der Waals surface area contributed by atoms with E-state index in [0.29, 0.717) is 6.54 Å². The van der Waals surface area contributed by atoms with Crippen LogP contribution < -0.4 is 10.6 Å². The lowest BCUT2D eigenvalue weighted by Crippen LogP contribution is -2.29. The number of anilines is 1. The summed E-state index contributed by atoms with van der Waals surface area (Å²) in [5, 5.41) is 12.7. The fourth-order valence-electron chi connectivity index (χ4n) is 0.937. The minimum absolute atomic E-state index is 0.118. The summed E-state index contributed by atoms with van der Waals surface area (Å²) in [6, 6.07) is 0. The molecule has 2 N–H and O–H groups in total. The highest BCUT2D eigenvalue weighted by molar-refractivity contribution is 5.90. The maximum atomic E-state index is 11.4. The molecule has 1 aromatic rings. The van der Waals surface area contributed by atoms with Gasteiger partial charge in [-0.25, -0.2) is 4.98 Å². The second-order valence-corrected chi connectivity index (χ2v) is 2.91. The summed E-state index contributed by atoms with van der Waals surface area (Å²) >= 11 is 0. The van der Waals surface area contributed by atoms with Crippen LogP contribution in [0.25, 0.3) is 0 Å². The highest BCUT2D eigenvalue weighted by Crippen LogP contribution is 1.98. The van der Waals surface area contributed by atoms with E-state index in [1.165, 1.54) is 12.4 Å². The number of rotatable bonds is 4. The van der Waals surface area contributed by atoms with Gasteiger partial charge >= 0.3 is 0 Å². The van der Waals surface area contributed by atoms with Crippen molar-refractivity contribution in [2.75, 3.05) is 18.9 Å². The van der Waals surface area contributed by atoms with Crippen molar-refractivity contribution in [2.24, 2.45) is 5.92 Å². The van der Waals surface area contributed by atoms with Crippen LogP contribution in [0.2, 0.25) is 0 Å². The molecule has 1 unspecified atom stereocenters. The average molecular weight is 195 g/mol. The summed E-state index contributed by atoms with van der Waals surface area (Å²) in [5.74, 6) is -0.00314. The van der Waals surface area contributed by atoms with Gasteiger partial charge in [0.05, 0.1) is 12.4 Å². The van der Waals surface area contributed by atoms with E-state index in [0.717, 1.165) is 0 Å². The van der Waals surface area contributed by atoms with Crippen molar-refractivity contribution in [3.05, 3.63) is 12.4 Å². The summed E-state index contributed by atoms with van der Waals surface area (Å²) < 4.78 is 0.